The van der Waals surface area contributed by atoms with E-state index in [2.05, 4.69) is 0 Å². The molecule has 0 amide bonds. The summed E-state index contributed by atoms with van der Waals surface area (Å²) in [4.78, 5) is 0. The van der Waals surface area contributed by atoms with Gasteiger partial charge in [0.25, 0.3) is 0 Å². The van der Waals surface area contributed by atoms with E-state index in [-0.39, 0.29) is 11.1 Å². The monoisotopic (exact) mass is 261 g/mol. The minimum atomic E-state index is -3.19. The summed E-state index contributed by atoms with van der Waals surface area (Å²) in [6.45, 7) is 2.64. The molecule has 3 N–H and O–H groups in total. The molecule has 0 spiro atoms. The first-order valence-electron chi connectivity index (χ1n) is 6.30. The fourth-order valence-electron chi connectivity index (χ4n) is 2.28. The molecule has 1 fully saturated rings. The summed E-state index contributed by atoms with van der Waals surface area (Å²) in [7, 11) is -3.19. The van der Waals surface area contributed by atoms with Crippen molar-refractivity contribution in [2.45, 2.75) is 50.7 Å². The number of nitrogens with zero attached hydrogens (tertiary/aromatic N) is 1. The molecule has 0 aromatic rings. The van der Waals surface area contributed by atoms with E-state index < -0.39 is 10.0 Å². The van der Waals surface area contributed by atoms with Crippen LogP contribution in [0.5, 0.6) is 0 Å². The van der Waals surface area contributed by atoms with Crippen LogP contribution in [-0.2, 0) is 10.0 Å². The van der Waals surface area contributed by atoms with Gasteiger partial charge in [-0.05, 0) is 12.8 Å². The van der Waals surface area contributed by atoms with Gasteiger partial charge in [0.1, 0.15) is 0 Å². The van der Waals surface area contributed by atoms with Crippen LogP contribution >= 0.6 is 0 Å². The second-order valence-corrected chi connectivity index (χ2v) is 6.78. The van der Waals surface area contributed by atoms with Crippen LogP contribution in [0.3, 0.4) is 0 Å². The fourth-order valence-corrected chi connectivity index (χ4v) is 4.34. The van der Waals surface area contributed by atoms with Gasteiger partial charge in [-0.2, -0.15) is 0 Å². The van der Waals surface area contributed by atoms with Crippen molar-refractivity contribution >= 4 is 15.9 Å². The van der Waals surface area contributed by atoms with E-state index in [0.717, 1.165) is 32.1 Å². The Morgan fingerprint density at radius 1 is 1.35 bits per heavy atom. The zero-order valence-corrected chi connectivity index (χ0v) is 11.3. The zero-order chi connectivity index (χ0) is 12.9. The first-order chi connectivity index (χ1) is 7.98. The predicted molar refractivity (Wildman–Crippen MR) is 69.6 cm³/mol. The first-order valence-corrected chi connectivity index (χ1v) is 7.80. The molecule has 0 unspecified atom stereocenters. The summed E-state index contributed by atoms with van der Waals surface area (Å²) in [5, 5.41) is 6.95. The van der Waals surface area contributed by atoms with Crippen LogP contribution in [0.25, 0.3) is 0 Å². The van der Waals surface area contributed by atoms with Gasteiger partial charge in [0.2, 0.25) is 10.0 Å². The molecule has 1 saturated carbocycles. The van der Waals surface area contributed by atoms with Crippen LogP contribution < -0.4 is 5.73 Å². The first kappa shape index (κ1) is 14.4. The average Bonchev–Trinajstić information content (AvgIpc) is 2.30. The molecule has 5 nitrogen and oxygen atoms in total. The molecule has 0 saturated heterocycles. The van der Waals surface area contributed by atoms with Crippen molar-refractivity contribution in [2.75, 3.05) is 13.1 Å². The lowest BCUT2D eigenvalue weighted by molar-refractivity contribution is 0.404. The highest BCUT2D eigenvalue weighted by Crippen LogP contribution is 2.26. The van der Waals surface area contributed by atoms with Gasteiger partial charge in [0.05, 0.1) is 11.1 Å². The van der Waals surface area contributed by atoms with Gasteiger partial charge < -0.3 is 5.73 Å². The average molecular weight is 261 g/mol. The highest BCUT2D eigenvalue weighted by Gasteiger charge is 2.31. The highest BCUT2D eigenvalue weighted by atomic mass is 32.2. The number of amidine groups is 1. The van der Waals surface area contributed by atoms with Crippen molar-refractivity contribution in [3.8, 4) is 0 Å². The molecule has 0 bridgehead atoms. The molecule has 0 aliphatic heterocycles. The van der Waals surface area contributed by atoms with Gasteiger partial charge in [0, 0.05) is 19.5 Å². The van der Waals surface area contributed by atoms with E-state index >= 15 is 0 Å². The summed E-state index contributed by atoms with van der Waals surface area (Å²) in [6, 6.07) is 0. The van der Waals surface area contributed by atoms with Gasteiger partial charge in [-0.1, -0.05) is 26.2 Å². The zero-order valence-electron chi connectivity index (χ0n) is 10.5. The van der Waals surface area contributed by atoms with E-state index in [9.17, 15) is 8.42 Å². The Labute approximate surface area is 104 Å². The molecule has 0 heterocycles. The number of rotatable bonds is 6. The topological polar surface area (TPSA) is 87.2 Å². The van der Waals surface area contributed by atoms with Crippen LogP contribution in [0.4, 0.5) is 0 Å². The van der Waals surface area contributed by atoms with Crippen molar-refractivity contribution in [3.63, 3.8) is 0 Å². The lowest BCUT2D eigenvalue weighted by Crippen LogP contribution is -2.41. The smallest absolute Gasteiger partial charge is 0.216 e. The Balaban J connectivity index is 2.67. The number of nitrogens with one attached hydrogen (secondary N) is 1. The minimum absolute atomic E-state index is 0.0438. The molecule has 1 aliphatic carbocycles. The van der Waals surface area contributed by atoms with Crippen molar-refractivity contribution in [1.29, 1.82) is 5.41 Å². The third-order valence-electron chi connectivity index (χ3n) is 3.32. The molecule has 0 radical (unpaired) electrons. The van der Waals surface area contributed by atoms with Gasteiger partial charge in [0.15, 0.2) is 0 Å². The lowest BCUT2D eigenvalue weighted by Gasteiger charge is -2.28. The number of nitrogens with two attached hydrogens (primary N) is 1. The third-order valence-corrected chi connectivity index (χ3v) is 5.79. The van der Waals surface area contributed by atoms with Gasteiger partial charge in [-0.25, -0.2) is 12.7 Å². The summed E-state index contributed by atoms with van der Waals surface area (Å²) in [5.74, 6) is 0.0438. The molecule has 0 atom stereocenters. The van der Waals surface area contributed by atoms with Gasteiger partial charge in [-0.15, -0.1) is 0 Å². The van der Waals surface area contributed by atoms with Gasteiger partial charge >= 0.3 is 0 Å². The van der Waals surface area contributed by atoms with Crippen molar-refractivity contribution in [2.24, 2.45) is 5.73 Å². The maximum Gasteiger partial charge on any atom is 0.216 e. The predicted octanol–water partition coefficient (Wildman–Crippen LogP) is 1.30. The summed E-state index contributed by atoms with van der Waals surface area (Å²) < 4.78 is 26.2. The van der Waals surface area contributed by atoms with Crippen LogP contribution in [0.1, 0.15) is 45.4 Å². The van der Waals surface area contributed by atoms with Crippen molar-refractivity contribution < 1.29 is 8.42 Å². The van der Waals surface area contributed by atoms with E-state index in [1.807, 2.05) is 6.92 Å². The summed E-state index contributed by atoms with van der Waals surface area (Å²) in [6.07, 6.45) is 5.03. The maximum atomic E-state index is 12.3. The number of sulfonamides is 1. The quantitative estimate of drug-likeness (QED) is 0.558. The second kappa shape index (κ2) is 6.35. The van der Waals surface area contributed by atoms with E-state index in [4.69, 9.17) is 11.1 Å². The Kier molecular flexibility index (Phi) is 5.39. The molecule has 100 valence electrons. The SMILES string of the molecule is CCN(CCC(=N)N)S(=O)(=O)C1CCCCC1. The minimum Gasteiger partial charge on any atom is -0.388 e. The molecule has 0 aromatic heterocycles. The fraction of sp³-hybridized carbons (Fsp3) is 0.909. The largest absolute Gasteiger partial charge is 0.388 e. The lowest BCUT2D eigenvalue weighted by atomic mass is 10.0. The van der Waals surface area contributed by atoms with Gasteiger partial charge in [-0.3, -0.25) is 5.41 Å². The third kappa shape index (κ3) is 3.96. The van der Waals surface area contributed by atoms with E-state index in [1.165, 1.54) is 4.31 Å². The van der Waals surface area contributed by atoms with Crippen molar-refractivity contribution in [3.05, 3.63) is 0 Å². The molecule has 6 heteroatoms. The van der Waals surface area contributed by atoms with Crippen molar-refractivity contribution in [1.82, 2.24) is 4.31 Å². The van der Waals surface area contributed by atoms with Crippen LogP contribution in [0.15, 0.2) is 0 Å². The summed E-state index contributed by atoms with van der Waals surface area (Å²) in [5.41, 5.74) is 5.28. The Morgan fingerprint density at radius 2 is 1.94 bits per heavy atom. The molecule has 17 heavy (non-hydrogen) atoms. The maximum absolute atomic E-state index is 12.3. The van der Waals surface area contributed by atoms with Crippen LogP contribution in [-0.4, -0.2) is 36.9 Å². The van der Waals surface area contributed by atoms with Crippen LogP contribution in [0.2, 0.25) is 0 Å². The standard InChI is InChI=1S/C11H23N3O2S/c1-2-14(9-8-11(12)13)17(15,16)10-6-4-3-5-7-10/h10H,2-9H2,1H3,(H3,12,13). The Morgan fingerprint density at radius 3 is 2.41 bits per heavy atom. The summed E-state index contributed by atoms with van der Waals surface area (Å²) >= 11 is 0. The van der Waals surface area contributed by atoms with E-state index in [1.54, 1.807) is 0 Å². The number of hydrogen-bond donors (Lipinski definition) is 2. The molecular formula is C11H23N3O2S. The number of hydrogen-bond acceptors (Lipinski definition) is 3. The molecule has 1 aliphatic rings. The Bertz CT molecular complexity index is 348. The highest BCUT2D eigenvalue weighted by molar-refractivity contribution is 7.89. The normalized spacial score (nSPS) is 18.5. The van der Waals surface area contributed by atoms with Crippen LogP contribution in [0, 0.1) is 5.41 Å². The Hall–Kier alpha value is -0.620. The molecule has 1 rings (SSSR count). The molecule has 0 aromatic carbocycles. The second-order valence-electron chi connectivity index (χ2n) is 4.57. The van der Waals surface area contributed by atoms with E-state index in [0.29, 0.717) is 19.5 Å². The molecular weight excluding hydrogens is 238 g/mol.